The number of aliphatic hydroxyl groups is 2. The first-order valence-corrected chi connectivity index (χ1v) is 9.81. The molecule has 2 saturated carbocycles. The minimum atomic E-state index is -2.35. The Morgan fingerprint density at radius 2 is 1.28 bits per heavy atom. The van der Waals surface area contributed by atoms with E-state index in [-0.39, 0.29) is 6.10 Å². The first-order chi connectivity index (χ1) is 12.0. The van der Waals surface area contributed by atoms with Crippen LogP contribution in [0.2, 0.25) is 0 Å². The van der Waals surface area contributed by atoms with E-state index in [9.17, 15) is 10.2 Å². The summed E-state index contributed by atoms with van der Waals surface area (Å²) in [5.74, 6) is -3.57. The SMILES string of the molecule is OC1(O)O[C@H]([C@H]2COC3(CCCCC3)O2)[C@@H]2OC3(CCCCC3)O[C@@H]21. The second-order valence-corrected chi connectivity index (χ2v) is 8.27. The Hall–Kier alpha value is -0.280. The van der Waals surface area contributed by atoms with Crippen LogP contribution in [0.5, 0.6) is 0 Å². The van der Waals surface area contributed by atoms with Gasteiger partial charge in [-0.2, -0.15) is 0 Å². The third kappa shape index (κ3) is 2.76. The van der Waals surface area contributed by atoms with Crippen molar-refractivity contribution < 1.29 is 33.9 Å². The van der Waals surface area contributed by atoms with Crippen LogP contribution in [0.3, 0.4) is 0 Å². The highest BCUT2D eigenvalue weighted by Crippen LogP contribution is 2.50. The summed E-state index contributed by atoms with van der Waals surface area (Å²) in [5.41, 5.74) is 0. The first-order valence-electron chi connectivity index (χ1n) is 9.81. The molecule has 2 aliphatic carbocycles. The summed E-state index contributed by atoms with van der Waals surface area (Å²) in [6, 6.07) is 0. The van der Waals surface area contributed by atoms with Crippen LogP contribution in [-0.2, 0) is 23.7 Å². The summed E-state index contributed by atoms with van der Waals surface area (Å²) >= 11 is 0. The van der Waals surface area contributed by atoms with Gasteiger partial charge in [-0.3, -0.25) is 0 Å². The van der Waals surface area contributed by atoms with Crippen LogP contribution in [0.4, 0.5) is 0 Å². The van der Waals surface area contributed by atoms with E-state index >= 15 is 0 Å². The Labute approximate surface area is 147 Å². The molecule has 3 saturated heterocycles. The molecular weight excluding hydrogens is 328 g/mol. The van der Waals surface area contributed by atoms with Gasteiger partial charge in [-0.15, -0.1) is 0 Å². The van der Waals surface area contributed by atoms with Crippen LogP contribution in [0.15, 0.2) is 0 Å². The molecule has 142 valence electrons. The van der Waals surface area contributed by atoms with Gasteiger partial charge in [-0.05, 0) is 25.7 Å². The molecule has 0 aromatic carbocycles. The van der Waals surface area contributed by atoms with Crippen molar-refractivity contribution in [1.29, 1.82) is 0 Å². The van der Waals surface area contributed by atoms with Crippen LogP contribution < -0.4 is 0 Å². The van der Waals surface area contributed by atoms with E-state index in [4.69, 9.17) is 23.7 Å². The maximum Gasteiger partial charge on any atom is 0.309 e. The lowest BCUT2D eigenvalue weighted by molar-refractivity contribution is -0.381. The lowest BCUT2D eigenvalue weighted by atomic mass is 9.94. The molecule has 0 radical (unpaired) electrons. The molecule has 3 heterocycles. The molecule has 2 spiro atoms. The number of hydrogen-bond donors (Lipinski definition) is 2. The highest BCUT2D eigenvalue weighted by Gasteiger charge is 2.67. The van der Waals surface area contributed by atoms with E-state index in [1.165, 1.54) is 6.42 Å². The predicted octanol–water partition coefficient (Wildman–Crippen LogP) is 1.54. The molecular formula is C18H28O7. The van der Waals surface area contributed by atoms with Gasteiger partial charge in [0.15, 0.2) is 17.7 Å². The third-order valence-corrected chi connectivity index (χ3v) is 6.47. The highest BCUT2D eigenvalue weighted by molar-refractivity contribution is 5.03. The molecule has 5 aliphatic rings. The molecule has 0 bridgehead atoms. The summed E-state index contributed by atoms with van der Waals surface area (Å²) in [6.07, 6.45) is 7.55. The van der Waals surface area contributed by atoms with E-state index in [1.807, 2.05) is 0 Å². The van der Waals surface area contributed by atoms with Crippen LogP contribution in [0.25, 0.3) is 0 Å². The van der Waals surface area contributed by atoms with Gasteiger partial charge in [0.1, 0.15) is 18.3 Å². The van der Waals surface area contributed by atoms with Crippen LogP contribution in [0, 0.1) is 0 Å². The minimum absolute atomic E-state index is 0.367. The molecule has 0 aromatic rings. The normalized spacial score (nSPS) is 44.4. The van der Waals surface area contributed by atoms with Crippen LogP contribution >= 0.6 is 0 Å². The van der Waals surface area contributed by atoms with Gasteiger partial charge in [0.05, 0.1) is 6.61 Å². The summed E-state index contributed by atoms with van der Waals surface area (Å²) in [4.78, 5) is 0. The first kappa shape index (κ1) is 16.9. The molecule has 3 aliphatic heterocycles. The summed E-state index contributed by atoms with van der Waals surface area (Å²) in [7, 11) is 0. The topological polar surface area (TPSA) is 86.6 Å². The third-order valence-electron chi connectivity index (χ3n) is 6.47. The van der Waals surface area contributed by atoms with Gasteiger partial charge >= 0.3 is 5.97 Å². The molecule has 0 amide bonds. The number of hydrogen-bond acceptors (Lipinski definition) is 7. The Morgan fingerprint density at radius 3 is 1.96 bits per heavy atom. The second kappa shape index (κ2) is 5.86. The van der Waals surface area contributed by atoms with Crippen LogP contribution in [-0.4, -0.2) is 58.8 Å². The van der Waals surface area contributed by atoms with Gasteiger partial charge in [0, 0.05) is 25.7 Å². The largest absolute Gasteiger partial charge is 0.347 e. The van der Waals surface area contributed by atoms with E-state index in [1.54, 1.807) is 0 Å². The Balaban J connectivity index is 1.34. The average Bonchev–Trinajstić information content (AvgIpc) is 3.23. The number of fused-ring (bicyclic) bond motifs is 1. The Kier molecular flexibility index (Phi) is 3.95. The molecule has 7 heteroatoms. The monoisotopic (exact) mass is 356 g/mol. The van der Waals surface area contributed by atoms with Crippen molar-refractivity contribution in [2.45, 2.75) is 106 Å². The molecule has 0 unspecified atom stereocenters. The van der Waals surface area contributed by atoms with E-state index < -0.39 is 35.9 Å². The Bertz CT molecular complexity index is 510. The van der Waals surface area contributed by atoms with Crippen molar-refractivity contribution in [2.75, 3.05) is 6.61 Å². The van der Waals surface area contributed by atoms with Crippen molar-refractivity contribution in [3.05, 3.63) is 0 Å². The predicted molar refractivity (Wildman–Crippen MR) is 84.2 cm³/mol. The molecule has 4 atom stereocenters. The van der Waals surface area contributed by atoms with Gasteiger partial charge in [0.25, 0.3) is 0 Å². The molecule has 7 nitrogen and oxygen atoms in total. The average molecular weight is 356 g/mol. The van der Waals surface area contributed by atoms with E-state index in [0.29, 0.717) is 6.61 Å². The molecule has 0 aromatic heterocycles. The zero-order chi connectivity index (χ0) is 17.1. The minimum Gasteiger partial charge on any atom is -0.347 e. The smallest absolute Gasteiger partial charge is 0.309 e. The summed E-state index contributed by atoms with van der Waals surface area (Å²) < 4.78 is 30.0. The van der Waals surface area contributed by atoms with Crippen molar-refractivity contribution in [1.82, 2.24) is 0 Å². The van der Waals surface area contributed by atoms with E-state index in [2.05, 4.69) is 0 Å². The molecule has 25 heavy (non-hydrogen) atoms. The van der Waals surface area contributed by atoms with Crippen molar-refractivity contribution in [3.8, 4) is 0 Å². The standard InChI is InChI=1S/C18H28O7/c19-18(20)15-14(23-17(25-15)9-5-2-6-10-17)13(24-18)12-11-21-16(22-12)7-3-1-4-8-16/h12-15,19-20H,1-11H2/t12-,13-,14+,15+/m1/s1. The molecule has 5 fully saturated rings. The zero-order valence-electron chi connectivity index (χ0n) is 14.5. The fraction of sp³-hybridized carbons (Fsp3) is 1.00. The van der Waals surface area contributed by atoms with Gasteiger partial charge in [-0.1, -0.05) is 12.8 Å². The second-order valence-electron chi connectivity index (χ2n) is 8.27. The van der Waals surface area contributed by atoms with Crippen molar-refractivity contribution in [3.63, 3.8) is 0 Å². The Morgan fingerprint density at radius 1 is 0.640 bits per heavy atom. The quantitative estimate of drug-likeness (QED) is 0.689. The fourth-order valence-electron chi connectivity index (χ4n) is 5.21. The van der Waals surface area contributed by atoms with Crippen molar-refractivity contribution in [2.24, 2.45) is 0 Å². The van der Waals surface area contributed by atoms with Gasteiger partial charge < -0.3 is 33.9 Å². The zero-order valence-corrected chi connectivity index (χ0v) is 14.5. The lowest BCUT2D eigenvalue weighted by Gasteiger charge is -2.35. The van der Waals surface area contributed by atoms with Crippen molar-refractivity contribution >= 4 is 0 Å². The molecule has 2 N–H and O–H groups in total. The summed E-state index contributed by atoms with van der Waals surface area (Å²) in [5, 5.41) is 20.7. The van der Waals surface area contributed by atoms with Crippen LogP contribution in [0.1, 0.15) is 64.2 Å². The van der Waals surface area contributed by atoms with Gasteiger partial charge in [0.2, 0.25) is 0 Å². The fourth-order valence-corrected chi connectivity index (χ4v) is 5.21. The number of rotatable bonds is 1. The van der Waals surface area contributed by atoms with Gasteiger partial charge in [-0.25, -0.2) is 0 Å². The summed E-state index contributed by atoms with van der Waals surface area (Å²) in [6.45, 7) is 0.389. The molecule has 5 rings (SSSR count). The maximum absolute atomic E-state index is 10.3. The lowest BCUT2D eigenvalue weighted by Crippen LogP contribution is -2.45. The maximum atomic E-state index is 10.3. The van der Waals surface area contributed by atoms with E-state index in [0.717, 1.165) is 57.8 Å². The highest BCUT2D eigenvalue weighted by atomic mass is 16.9. The number of ether oxygens (including phenoxy) is 5.